The molecular formula is C16H16ClN3O3. The number of halogens is 1. The highest BCUT2D eigenvalue weighted by molar-refractivity contribution is 6.32. The van der Waals surface area contributed by atoms with Gasteiger partial charge in [0.05, 0.1) is 17.7 Å². The van der Waals surface area contributed by atoms with Crippen molar-refractivity contribution in [1.82, 2.24) is 10.3 Å². The van der Waals surface area contributed by atoms with Crippen molar-refractivity contribution < 1.29 is 14.3 Å². The fourth-order valence-electron chi connectivity index (χ4n) is 2.03. The molecule has 23 heavy (non-hydrogen) atoms. The molecule has 0 unspecified atom stereocenters. The molecule has 0 fully saturated rings. The highest BCUT2D eigenvalue weighted by Gasteiger charge is 2.20. The maximum absolute atomic E-state index is 12.1. The number of benzene rings is 1. The highest BCUT2D eigenvalue weighted by Crippen LogP contribution is 2.25. The first-order valence-electron chi connectivity index (χ1n) is 6.84. The lowest BCUT2D eigenvalue weighted by Crippen LogP contribution is -2.45. The van der Waals surface area contributed by atoms with Gasteiger partial charge in [-0.3, -0.25) is 14.6 Å². The van der Waals surface area contributed by atoms with Crippen LogP contribution in [0.5, 0.6) is 5.75 Å². The summed E-state index contributed by atoms with van der Waals surface area (Å²) in [5.74, 6) is -0.513. The Labute approximate surface area is 138 Å². The van der Waals surface area contributed by atoms with E-state index in [4.69, 9.17) is 22.1 Å². The van der Waals surface area contributed by atoms with E-state index in [-0.39, 0.29) is 6.42 Å². The Kier molecular flexibility index (Phi) is 5.54. The topological polar surface area (TPSA) is 94.3 Å². The molecule has 1 heterocycles. The minimum Gasteiger partial charge on any atom is -0.495 e. The van der Waals surface area contributed by atoms with Gasteiger partial charge in [-0.25, -0.2) is 0 Å². The van der Waals surface area contributed by atoms with Gasteiger partial charge in [-0.1, -0.05) is 17.7 Å². The van der Waals surface area contributed by atoms with E-state index in [0.717, 1.165) is 5.56 Å². The van der Waals surface area contributed by atoms with Gasteiger partial charge in [0.1, 0.15) is 11.8 Å². The zero-order valence-corrected chi connectivity index (χ0v) is 13.2. The van der Waals surface area contributed by atoms with E-state index < -0.39 is 17.9 Å². The van der Waals surface area contributed by atoms with Crippen molar-refractivity contribution in [3.63, 3.8) is 0 Å². The van der Waals surface area contributed by atoms with Crippen LogP contribution in [-0.4, -0.2) is 29.9 Å². The standard InChI is InChI=1S/C16H16ClN3O3/c1-23-14-5-4-10(7-12(14)17)8-13(15(18)21)20-16(22)11-3-2-6-19-9-11/h2-7,9,13H,8H2,1H3,(H2,18,21)(H,20,22)/t13-/m0/s1. The third-order valence-corrected chi connectivity index (χ3v) is 3.52. The smallest absolute Gasteiger partial charge is 0.253 e. The summed E-state index contributed by atoms with van der Waals surface area (Å²) >= 11 is 6.06. The molecule has 0 aliphatic rings. The Bertz CT molecular complexity index is 707. The molecule has 1 aromatic heterocycles. The number of amides is 2. The summed E-state index contributed by atoms with van der Waals surface area (Å²) in [7, 11) is 1.52. The van der Waals surface area contributed by atoms with E-state index in [1.807, 2.05) is 0 Å². The summed E-state index contributed by atoms with van der Waals surface area (Å²) < 4.78 is 5.07. The predicted molar refractivity (Wildman–Crippen MR) is 86.4 cm³/mol. The molecule has 2 rings (SSSR count). The molecule has 0 bridgehead atoms. The summed E-state index contributed by atoms with van der Waals surface area (Å²) in [5, 5.41) is 3.02. The number of hydrogen-bond donors (Lipinski definition) is 2. The summed E-state index contributed by atoms with van der Waals surface area (Å²) in [4.78, 5) is 27.6. The average molecular weight is 334 g/mol. The largest absolute Gasteiger partial charge is 0.495 e. The predicted octanol–water partition coefficient (Wildman–Crippen LogP) is 1.57. The third-order valence-electron chi connectivity index (χ3n) is 3.23. The highest BCUT2D eigenvalue weighted by atomic mass is 35.5. The fraction of sp³-hybridized carbons (Fsp3) is 0.188. The number of methoxy groups -OCH3 is 1. The average Bonchev–Trinajstić information content (AvgIpc) is 2.55. The van der Waals surface area contributed by atoms with Crippen molar-refractivity contribution in [3.05, 3.63) is 58.9 Å². The number of nitrogens with two attached hydrogens (primary N) is 1. The molecule has 7 heteroatoms. The fourth-order valence-corrected chi connectivity index (χ4v) is 2.31. The van der Waals surface area contributed by atoms with Crippen molar-refractivity contribution in [3.8, 4) is 5.75 Å². The van der Waals surface area contributed by atoms with Crippen LogP contribution in [-0.2, 0) is 11.2 Å². The molecule has 3 N–H and O–H groups in total. The summed E-state index contributed by atoms with van der Waals surface area (Å²) in [5.41, 5.74) is 6.49. The lowest BCUT2D eigenvalue weighted by Gasteiger charge is -2.16. The second-order valence-electron chi connectivity index (χ2n) is 4.84. The van der Waals surface area contributed by atoms with Gasteiger partial charge in [0.25, 0.3) is 5.91 Å². The third kappa shape index (κ3) is 4.43. The Hall–Kier alpha value is -2.60. The van der Waals surface area contributed by atoms with Crippen LogP contribution >= 0.6 is 11.6 Å². The second kappa shape index (κ2) is 7.60. The molecule has 0 aliphatic heterocycles. The first-order chi connectivity index (χ1) is 11.0. The zero-order chi connectivity index (χ0) is 16.8. The quantitative estimate of drug-likeness (QED) is 0.839. The van der Waals surface area contributed by atoms with Gasteiger partial charge in [0.2, 0.25) is 5.91 Å². The number of nitrogens with one attached hydrogen (secondary N) is 1. The van der Waals surface area contributed by atoms with Gasteiger partial charge in [0.15, 0.2) is 0 Å². The minimum atomic E-state index is -0.854. The molecule has 2 aromatic rings. The van der Waals surface area contributed by atoms with E-state index >= 15 is 0 Å². The maximum Gasteiger partial charge on any atom is 0.253 e. The molecule has 0 saturated heterocycles. The van der Waals surface area contributed by atoms with Gasteiger partial charge < -0.3 is 15.8 Å². The molecule has 6 nitrogen and oxygen atoms in total. The van der Waals surface area contributed by atoms with Gasteiger partial charge >= 0.3 is 0 Å². The zero-order valence-electron chi connectivity index (χ0n) is 12.5. The van der Waals surface area contributed by atoms with Crippen LogP contribution in [0.3, 0.4) is 0 Å². The maximum atomic E-state index is 12.1. The summed E-state index contributed by atoms with van der Waals surface area (Å²) in [6.07, 6.45) is 3.20. The lowest BCUT2D eigenvalue weighted by atomic mass is 10.0. The number of primary amides is 1. The van der Waals surface area contributed by atoms with Crippen LogP contribution in [0, 0.1) is 0 Å². The number of pyridine rings is 1. The number of nitrogens with zero attached hydrogens (tertiary/aromatic N) is 1. The SMILES string of the molecule is COc1ccc(C[C@H](NC(=O)c2cccnc2)C(N)=O)cc1Cl. The number of rotatable bonds is 6. The van der Waals surface area contributed by atoms with Gasteiger partial charge in [-0.05, 0) is 29.8 Å². The van der Waals surface area contributed by atoms with Gasteiger partial charge in [-0.2, -0.15) is 0 Å². The Morgan fingerprint density at radius 1 is 1.39 bits per heavy atom. The molecular weight excluding hydrogens is 318 g/mol. The minimum absolute atomic E-state index is 0.227. The molecule has 0 spiro atoms. The van der Waals surface area contributed by atoms with Crippen molar-refractivity contribution in [2.45, 2.75) is 12.5 Å². The van der Waals surface area contributed by atoms with Crippen LogP contribution < -0.4 is 15.8 Å². The number of hydrogen-bond acceptors (Lipinski definition) is 4. The molecule has 0 radical (unpaired) electrons. The van der Waals surface area contributed by atoms with Gasteiger partial charge in [-0.15, -0.1) is 0 Å². The van der Waals surface area contributed by atoms with E-state index in [2.05, 4.69) is 10.3 Å². The number of ether oxygens (including phenoxy) is 1. The first kappa shape index (κ1) is 16.8. The van der Waals surface area contributed by atoms with Crippen molar-refractivity contribution in [2.24, 2.45) is 5.73 Å². The Balaban J connectivity index is 2.12. The Morgan fingerprint density at radius 2 is 2.17 bits per heavy atom. The molecule has 120 valence electrons. The number of carbonyl (C=O) groups is 2. The summed E-state index contributed by atoms with van der Waals surface area (Å²) in [6.45, 7) is 0. The molecule has 0 aliphatic carbocycles. The molecule has 2 amide bonds. The van der Waals surface area contributed by atoms with Gasteiger partial charge in [0, 0.05) is 18.8 Å². The monoisotopic (exact) mass is 333 g/mol. The Morgan fingerprint density at radius 3 is 2.74 bits per heavy atom. The van der Waals surface area contributed by atoms with Crippen LogP contribution in [0.1, 0.15) is 15.9 Å². The van der Waals surface area contributed by atoms with Crippen LogP contribution in [0.15, 0.2) is 42.7 Å². The van der Waals surface area contributed by atoms with E-state index in [1.165, 1.54) is 13.3 Å². The van der Waals surface area contributed by atoms with Crippen LogP contribution in [0.2, 0.25) is 5.02 Å². The summed E-state index contributed by atoms with van der Waals surface area (Å²) in [6, 6.07) is 7.51. The van der Waals surface area contributed by atoms with Crippen molar-refractivity contribution in [1.29, 1.82) is 0 Å². The van der Waals surface area contributed by atoms with Crippen molar-refractivity contribution >= 4 is 23.4 Å². The van der Waals surface area contributed by atoms with Crippen molar-refractivity contribution in [2.75, 3.05) is 7.11 Å². The lowest BCUT2D eigenvalue weighted by molar-refractivity contribution is -0.119. The van der Waals surface area contributed by atoms with E-state index in [0.29, 0.717) is 16.3 Å². The molecule has 1 aromatic carbocycles. The molecule has 1 atom stereocenters. The molecule has 0 saturated carbocycles. The van der Waals surface area contributed by atoms with E-state index in [1.54, 1.807) is 36.5 Å². The first-order valence-corrected chi connectivity index (χ1v) is 7.21. The normalized spacial score (nSPS) is 11.6. The number of carbonyl (C=O) groups excluding carboxylic acids is 2. The van der Waals surface area contributed by atoms with Crippen LogP contribution in [0.4, 0.5) is 0 Å². The second-order valence-corrected chi connectivity index (χ2v) is 5.25. The van der Waals surface area contributed by atoms with E-state index in [9.17, 15) is 9.59 Å². The number of aromatic nitrogens is 1. The van der Waals surface area contributed by atoms with Crippen LogP contribution in [0.25, 0.3) is 0 Å².